The average Bonchev–Trinajstić information content (AvgIpc) is 2.89. The first-order valence-electron chi connectivity index (χ1n) is 5.57. The van der Waals surface area contributed by atoms with Gasteiger partial charge in [-0.3, -0.25) is 4.79 Å². The number of nitrogens with one attached hydrogen (secondary N) is 2. The number of carbonyl (C=O) groups excluding carboxylic acids is 1. The molecule has 2 rings (SSSR count). The molecule has 7 nitrogen and oxygen atoms in total. The lowest BCUT2D eigenvalue weighted by atomic mass is 10.3. The summed E-state index contributed by atoms with van der Waals surface area (Å²) in [5.41, 5.74) is 0. The maximum absolute atomic E-state index is 11.8. The van der Waals surface area contributed by atoms with Crippen LogP contribution in [0.1, 0.15) is 12.7 Å². The fourth-order valence-corrected chi connectivity index (χ4v) is 1.55. The van der Waals surface area contributed by atoms with Crippen LogP contribution >= 0.6 is 11.6 Å². The summed E-state index contributed by atoms with van der Waals surface area (Å²) in [4.78, 5) is 11.8. The zero-order valence-electron chi connectivity index (χ0n) is 10.1. The molecule has 0 aliphatic carbocycles. The minimum Gasteiger partial charge on any atom is -0.481 e. The van der Waals surface area contributed by atoms with Crippen LogP contribution in [0, 0.1) is 0 Å². The van der Waals surface area contributed by atoms with E-state index < -0.39 is 6.10 Å². The average molecular weight is 282 g/mol. The first kappa shape index (κ1) is 13.3. The highest BCUT2D eigenvalue weighted by Gasteiger charge is 2.15. The minimum atomic E-state index is -0.648. The molecule has 1 aromatic heterocycles. The van der Waals surface area contributed by atoms with E-state index in [1.807, 2.05) is 0 Å². The number of carbonyl (C=O) groups is 1. The van der Waals surface area contributed by atoms with E-state index in [2.05, 4.69) is 25.9 Å². The first-order chi connectivity index (χ1) is 9.15. The van der Waals surface area contributed by atoms with Crippen molar-refractivity contribution in [3.05, 3.63) is 35.1 Å². The number of aromatic nitrogens is 4. The highest BCUT2D eigenvalue weighted by atomic mass is 35.5. The number of benzene rings is 1. The maximum Gasteiger partial charge on any atom is 0.261 e. The number of tetrazole rings is 1. The Bertz CT molecular complexity index is 546. The van der Waals surface area contributed by atoms with Gasteiger partial charge in [0.2, 0.25) is 0 Å². The molecule has 2 aromatic rings. The van der Waals surface area contributed by atoms with E-state index in [9.17, 15) is 4.79 Å². The van der Waals surface area contributed by atoms with Crippen molar-refractivity contribution in [3.63, 3.8) is 0 Å². The first-order valence-corrected chi connectivity index (χ1v) is 5.95. The van der Waals surface area contributed by atoms with Gasteiger partial charge >= 0.3 is 0 Å². The van der Waals surface area contributed by atoms with Gasteiger partial charge in [-0.25, -0.2) is 0 Å². The number of ether oxygens (including phenoxy) is 1. The van der Waals surface area contributed by atoms with Gasteiger partial charge in [-0.15, -0.1) is 10.2 Å². The molecule has 0 saturated heterocycles. The second-order valence-electron chi connectivity index (χ2n) is 3.76. The predicted octanol–water partition coefficient (Wildman–Crippen LogP) is 0.937. The molecule has 0 saturated carbocycles. The van der Waals surface area contributed by atoms with E-state index >= 15 is 0 Å². The van der Waals surface area contributed by atoms with Gasteiger partial charge in [-0.1, -0.05) is 22.9 Å². The number of nitrogens with zero attached hydrogens (tertiary/aromatic N) is 3. The fraction of sp³-hybridized carbons (Fsp3) is 0.273. The lowest BCUT2D eigenvalue weighted by molar-refractivity contribution is -0.127. The predicted molar refractivity (Wildman–Crippen MR) is 67.6 cm³/mol. The van der Waals surface area contributed by atoms with E-state index in [0.29, 0.717) is 16.6 Å². The molecule has 0 fully saturated rings. The number of H-pyrrole nitrogens is 1. The number of halogens is 1. The van der Waals surface area contributed by atoms with Crippen LogP contribution in [0.2, 0.25) is 5.02 Å². The van der Waals surface area contributed by atoms with Crippen molar-refractivity contribution in [1.29, 1.82) is 0 Å². The zero-order valence-corrected chi connectivity index (χ0v) is 10.9. The Morgan fingerprint density at radius 2 is 2.42 bits per heavy atom. The molecule has 1 amide bonds. The molecule has 8 heteroatoms. The molecule has 19 heavy (non-hydrogen) atoms. The van der Waals surface area contributed by atoms with Crippen LogP contribution in [0.3, 0.4) is 0 Å². The lowest BCUT2D eigenvalue weighted by Gasteiger charge is -2.14. The van der Waals surface area contributed by atoms with Crippen LogP contribution in [0.15, 0.2) is 24.3 Å². The largest absolute Gasteiger partial charge is 0.481 e. The molecule has 2 N–H and O–H groups in total. The summed E-state index contributed by atoms with van der Waals surface area (Å²) >= 11 is 5.83. The van der Waals surface area contributed by atoms with Gasteiger partial charge in [0.05, 0.1) is 6.54 Å². The third kappa shape index (κ3) is 3.92. The van der Waals surface area contributed by atoms with Crippen LogP contribution in [0.4, 0.5) is 0 Å². The van der Waals surface area contributed by atoms with Crippen LogP contribution in [0.25, 0.3) is 0 Å². The van der Waals surface area contributed by atoms with Gasteiger partial charge in [0.25, 0.3) is 5.91 Å². The van der Waals surface area contributed by atoms with Crippen molar-refractivity contribution in [1.82, 2.24) is 25.9 Å². The van der Waals surface area contributed by atoms with Gasteiger partial charge in [0.15, 0.2) is 11.9 Å². The SMILES string of the molecule is CC(Oc1cccc(Cl)c1)C(=O)NCc1nn[nH]n1. The van der Waals surface area contributed by atoms with Crippen LogP contribution in [-0.2, 0) is 11.3 Å². The molecular weight excluding hydrogens is 270 g/mol. The second-order valence-corrected chi connectivity index (χ2v) is 4.20. The summed E-state index contributed by atoms with van der Waals surface area (Å²) in [6.45, 7) is 1.84. The minimum absolute atomic E-state index is 0.193. The molecule has 1 aromatic carbocycles. The Kier molecular flexibility index (Phi) is 4.30. The summed E-state index contributed by atoms with van der Waals surface area (Å²) in [5, 5.41) is 16.3. The molecule has 0 radical (unpaired) electrons. The standard InChI is InChI=1S/C11H12ClN5O2/c1-7(19-9-4-2-3-8(12)5-9)11(18)13-6-10-14-16-17-15-10/h2-5,7H,6H2,1H3,(H,13,18)(H,14,15,16,17). The van der Waals surface area contributed by atoms with E-state index in [1.54, 1.807) is 31.2 Å². The van der Waals surface area contributed by atoms with Gasteiger partial charge in [-0.05, 0) is 25.1 Å². The summed E-state index contributed by atoms with van der Waals surface area (Å²) in [6.07, 6.45) is -0.648. The summed E-state index contributed by atoms with van der Waals surface area (Å²) < 4.78 is 5.47. The van der Waals surface area contributed by atoms with Gasteiger partial charge in [-0.2, -0.15) is 5.21 Å². The quantitative estimate of drug-likeness (QED) is 0.851. The molecule has 1 atom stereocenters. The Hall–Kier alpha value is -2.15. The van der Waals surface area contributed by atoms with Gasteiger partial charge in [0, 0.05) is 5.02 Å². The molecule has 0 aliphatic rings. The number of rotatable bonds is 5. The molecule has 1 heterocycles. The second kappa shape index (κ2) is 6.14. The van der Waals surface area contributed by atoms with Crippen molar-refractivity contribution in [2.45, 2.75) is 19.6 Å². The topological polar surface area (TPSA) is 92.8 Å². The van der Waals surface area contributed by atoms with Crippen molar-refractivity contribution >= 4 is 17.5 Å². The fourth-order valence-electron chi connectivity index (χ4n) is 1.37. The molecule has 100 valence electrons. The molecule has 0 bridgehead atoms. The van der Waals surface area contributed by atoms with E-state index in [4.69, 9.17) is 16.3 Å². The maximum atomic E-state index is 11.8. The Morgan fingerprint density at radius 3 is 3.11 bits per heavy atom. The number of hydrogen-bond donors (Lipinski definition) is 2. The van der Waals surface area contributed by atoms with E-state index in [1.165, 1.54) is 0 Å². The number of amides is 1. The highest BCUT2D eigenvalue weighted by Crippen LogP contribution is 2.18. The van der Waals surface area contributed by atoms with Crippen LogP contribution in [-0.4, -0.2) is 32.6 Å². The lowest BCUT2D eigenvalue weighted by Crippen LogP contribution is -2.36. The molecular formula is C11H12ClN5O2. The molecule has 1 unspecified atom stereocenters. The summed E-state index contributed by atoms with van der Waals surface area (Å²) in [5.74, 6) is 0.669. The Labute approximate surface area is 114 Å². The number of hydrogen-bond acceptors (Lipinski definition) is 5. The molecule has 0 spiro atoms. The van der Waals surface area contributed by atoms with Crippen molar-refractivity contribution in [3.8, 4) is 5.75 Å². The smallest absolute Gasteiger partial charge is 0.261 e. The monoisotopic (exact) mass is 281 g/mol. The van der Waals surface area contributed by atoms with Crippen LogP contribution < -0.4 is 10.1 Å². The van der Waals surface area contributed by atoms with Gasteiger partial charge < -0.3 is 10.1 Å². The normalized spacial score (nSPS) is 11.9. The van der Waals surface area contributed by atoms with Crippen LogP contribution in [0.5, 0.6) is 5.75 Å². The summed E-state index contributed by atoms with van der Waals surface area (Å²) in [7, 11) is 0. The third-order valence-electron chi connectivity index (χ3n) is 2.29. The zero-order chi connectivity index (χ0) is 13.7. The highest BCUT2D eigenvalue weighted by molar-refractivity contribution is 6.30. The van der Waals surface area contributed by atoms with Crippen molar-refractivity contribution in [2.75, 3.05) is 0 Å². The van der Waals surface area contributed by atoms with E-state index in [0.717, 1.165) is 0 Å². The molecule has 0 aliphatic heterocycles. The third-order valence-corrected chi connectivity index (χ3v) is 2.52. The Morgan fingerprint density at radius 1 is 1.58 bits per heavy atom. The number of aromatic amines is 1. The van der Waals surface area contributed by atoms with Gasteiger partial charge in [0.1, 0.15) is 5.75 Å². The van der Waals surface area contributed by atoms with Crippen molar-refractivity contribution in [2.24, 2.45) is 0 Å². The summed E-state index contributed by atoms with van der Waals surface area (Å²) in [6, 6.07) is 6.86. The van der Waals surface area contributed by atoms with E-state index in [-0.39, 0.29) is 12.5 Å². The Balaban J connectivity index is 1.85. The van der Waals surface area contributed by atoms with Crippen molar-refractivity contribution < 1.29 is 9.53 Å².